The molecular weight excluding hydrogens is 442 g/mol. The molecule has 0 unspecified atom stereocenters. The van der Waals surface area contributed by atoms with E-state index in [1.54, 1.807) is 20.2 Å². The highest BCUT2D eigenvalue weighted by atomic mass is 32.2. The molecule has 1 aliphatic rings. The number of rotatable bonds is 10. The number of carbonyl (C=O) groups excluding carboxylic acids is 1. The van der Waals surface area contributed by atoms with Gasteiger partial charge in [0.05, 0.1) is 25.2 Å². The molecule has 7 heteroatoms. The van der Waals surface area contributed by atoms with E-state index in [1.807, 2.05) is 30.3 Å². The van der Waals surface area contributed by atoms with Crippen molar-refractivity contribution >= 4 is 40.3 Å². The van der Waals surface area contributed by atoms with Crippen molar-refractivity contribution < 1.29 is 19.0 Å². The minimum atomic E-state index is -0.110. The average molecular weight is 472 g/mol. The molecule has 2 aromatic rings. The van der Waals surface area contributed by atoms with Crippen LogP contribution in [0.5, 0.6) is 17.2 Å². The number of hydrogen-bond donors (Lipinski definition) is 0. The number of carbonyl (C=O) groups is 1. The Bertz CT molecular complexity index is 988. The van der Waals surface area contributed by atoms with Crippen LogP contribution in [0.25, 0.3) is 6.08 Å². The second-order valence-corrected chi connectivity index (χ2v) is 9.22. The highest BCUT2D eigenvalue weighted by Crippen LogP contribution is 2.37. The smallest absolute Gasteiger partial charge is 0.265 e. The van der Waals surface area contributed by atoms with Gasteiger partial charge in [-0.3, -0.25) is 9.69 Å². The Balaban J connectivity index is 1.59. The van der Waals surface area contributed by atoms with Gasteiger partial charge in [0, 0.05) is 19.0 Å². The largest absolute Gasteiger partial charge is 0.493 e. The maximum Gasteiger partial charge on any atom is 0.265 e. The molecule has 0 bridgehead atoms. The van der Waals surface area contributed by atoms with Crippen LogP contribution in [-0.4, -0.2) is 42.5 Å². The predicted octanol–water partition coefficient (Wildman–Crippen LogP) is 5.89. The minimum absolute atomic E-state index is 0.110. The van der Waals surface area contributed by atoms with Crippen molar-refractivity contribution in [3.05, 3.63) is 58.5 Å². The van der Waals surface area contributed by atoms with Crippen LogP contribution < -0.4 is 14.2 Å². The van der Waals surface area contributed by atoms with Crippen LogP contribution in [0.3, 0.4) is 0 Å². The lowest BCUT2D eigenvalue weighted by Gasteiger charge is -2.14. The summed E-state index contributed by atoms with van der Waals surface area (Å²) in [5.41, 5.74) is 2.10. The summed E-state index contributed by atoms with van der Waals surface area (Å²) in [5.74, 6) is 2.52. The van der Waals surface area contributed by atoms with Gasteiger partial charge in [-0.25, -0.2) is 0 Å². The van der Waals surface area contributed by atoms with Crippen LogP contribution >= 0.6 is 24.0 Å². The molecule has 0 aromatic heterocycles. The lowest BCUT2D eigenvalue weighted by molar-refractivity contribution is -0.121. The van der Waals surface area contributed by atoms with Gasteiger partial charge in [0.15, 0.2) is 11.5 Å². The number of methoxy groups -OCH3 is 1. The zero-order valence-electron chi connectivity index (χ0n) is 18.9. The second kappa shape index (κ2) is 11.4. The molecule has 0 saturated carbocycles. The number of thiocarbonyl (C=S) groups is 1. The van der Waals surface area contributed by atoms with Gasteiger partial charge in [-0.15, -0.1) is 0 Å². The Morgan fingerprint density at radius 1 is 1.12 bits per heavy atom. The number of benzene rings is 2. The maximum absolute atomic E-state index is 12.4. The molecule has 1 fully saturated rings. The van der Waals surface area contributed by atoms with E-state index < -0.39 is 0 Å². The van der Waals surface area contributed by atoms with Crippen LogP contribution in [0.15, 0.2) is 47.4 Å². The molecule has 2 aromatic carbocycles. The Hall–Kier alpha value is -2.51. The highest BCUT2D eigenvalue weighted by Gasteiger charge is 2.29. The van der Waals surface area contributed by atoms with E-state index in [-0.39, 0.29) is 5.91 Å². The Labute approximate surface area is 199 Å². The molecule has 1 saturated heterocycles. The van der Waals surface area contributed by atoms with Gasteiger partial charge in [0.1, 0.15) is 10.1 Å². The van der Waals surface area contributed by atoms with Crippen molar-refractivity contribution in [2.75, 3.05) is 27.4 Å². The van der Waals surface area contributed by atoms with E-state index >= 15 is 0 Å². The number of thioether (sulfide) groups is 1. The molecule has 0 aliphatic carbocycles. The summed E-state index contributed by atoms with van der Waals surface area (Å²) in [4.78, 5) is 14.4. The lowest BCUT2D eigenvalue weighted by atomic mass is 9.99. The number of para-hydroxylation sites is 1. The lowest BCUT2D eigenvalue weighted by Crippen LogP contribution is -2.22. The summed E-state index contributed by atoms with van der Waals surface area (Å²) >= 11 is 6.50. The summed E-state index contributed by atoms with van der Waals surface area (Å²) in [6.45, 7) is 5.42. The van der Waals surface area contributed by atoms with Crippen LogP contribution in [0.4, 0.5) is 0 Å². The van der Waals surface area contributed by atoms with Crippen LogP contribution in [0, 0.1) is 0 Å². The molecule has 0 radical (unpaired) electrons. The van der Waals surface area contributed by atoms with Gasteiger partial charge < -0.3 is 14.2 Å². The molecule has 5 nitrogen and oxygen atoms in total. The molecule has 1 aliphatic heterocycles. The third-order valence-corrected chi connectivity index (χ3v) is 6.85. The molecule has 170 valence electrons. The predicted molar refractivity (Wildman–Crippen MR) is 135 cm³/mol. The summed E-state index contributed by atoms with van der Waals surface area (Å²) < 4.78 is 17.9. The van der Waals surface area contributed by atoms with E-state index in [0.29, 0.717) is 46.3 Å². The highest BCUT2D eigenvalue weighted by molar-refractivity contribution is 8.26. The second-order valence-electron chi connectivity index (χ2n) is 7.55. The minimum Gasteiger partial charge on any atom is -0.493 e. The van der Waals surface area contributed by atoms with Crippen molar-refractivity contribution in [1.82, 2.24) is 4.90 Å². The molecule has 0 spiro atoms. The molecule has 32 heavy (non-hydrogen) atoms. The zero-order chi connectivity index (χ0) is 23.1. The van der Waals surface area contributed by atoms with Crippen molar-refractivity contribution in [2.45, 2.75) is 32.6 Å². The zero-order valence-corrected chi connectivity index (χ0v) is 20.6. The Kier molecular flexibility index (Phi) is 8.59. The first kappa shape index (κ1) is 24.1. The van der Waals surface area contributed by atoms with Gasteiger partial charge in [0.25, 0.3) is 5.91 Å². The third kappa shape index (κ3) is 5.84. The monoisotopic (exact) mass is 471 g/mol. The van der Waals surface area contributed by atoms with Gasteiger partial charge >= 0.3 is 0 Å². The number of nitrogens with zero attached hydrogens (tertiary/aromatic N) is 1. The van der Waals surface area contributed by atoms with E-state index in [1.165, 1.54) is 22.2 Å². The fraction of sp³-hybridized carbons (Fsp3) is 0.360. The van der Waals surface area contributed by atoms with Crippen molar-refractivity contribution in [1.29, 1.82) is 0 Å². The quantitative estimate of drug-likeness (QED) is 0.245. The topological polar surface area (TPSA) is 48.0 Å². The Morgan fingerprint density at radius 2 is 1.84 bits per heavy atom. The van der Waals surface area contributed by atoms with Gasteiger partial charge in [-0.2, -0.15) is 0 Å². The number of hydrogen-bond acceptors (Lipinski definition) is 6. The van der Waals surface area contributed by atoms with Gasteiger partial charge in [-0.05, 0) is 42.2 Å². The molecular formula is C25H29NO4S2. The molecule has 1 amide bonds. The van der Waals surface area contributed by atoms with E-state index in [0.717, 1.165) is 17.7 Å². The molecule has 1 heterocycles. The fourth-order valence-corrected chi connectivity index (χ4v) is 4.37. The summed E-state index contributed by atoms with van der Waals surface area (Å²) in [6, 6.07) is 13.9. The molecule has 1 atom stereocenters. The number of likely N-dealkylation sites (N-methyl/N-ethyl adjacent to an activating group) is 1. The fourth-order valence-electron chi connectivity index (χ4n) is 3.20. The third-order valence-electron chi connectivity index (χ3n) is 5.37. The average Bonchev–Trinajstić information content (AvgIpc) is 3.05. The van der Waals surface area contributed by atoms with Gasteiger partial charge in [0.2, 0.25) is 0 Å². The van der Waals surface area contributed by atoms with Crippen LogP contribution in [0.2, 0.25) is 0 Å². The van der Waals surface area contributed by atoms with Crippen molar-refractivity contribution in [3.63, 3.8) is 0 Å². The van der Waals surface area contributed by atoms with Crippen molar-refractivity contribution in [2.24, 2.45) is 0 Å². The number of amides is 1. The van der Waals surface area contributed by atoms with Crippen LogP contribution in [0.1, 0.15) is 43.7 Å². The van der Waals surface area contributed by atoms with Crippen LogP contribution in [-0.2, 0) is 4.79 Å². The van der Waals surface area contributed by atoms with Crippen molar-refractivity contribution in [3.8, 4) is 17.2 Å². The summed E-state index contributed by atoms with van der Waals surface area (Å²) in [7, 11) is 3.28. The first-order valence-electron chi connectivity index (χ1n) is 10.7. The standard InChI is InChI=1S/C25H29NO4S2/c1-5-17(2)18-10-12-20(13-11-18)29-14-7-15-30-23-19(8-6-9-21(23)28-4)16-22-24(27)26(3)25(31)32-22/h6,8-13,16-17H,5,7,14-15H2,1-4H3/b22-16-/t17-/m1/s1. The summed E-state index contributed by atoms with van der Waals surface area (Å²) in [5, 5.41) is 0. The normalized spacial score (nSPS) is 15.9. The van der Waals surface area contributed by atoms with E-state index in [9.17, 15) is 4.79 Å². The number of ether oxygens (including phenoxy) is 3. The van der Waals surface area contributed by atoms with E-state index in [4.69, 9.17) is 26.4 Å². The Morgan fingerprint density at radius 3 is 2.47 bits per heavy atom. The van der Waals surface area contributed by atoms with E-state index in [2.05, 4.69) is 26.0 Å². The molecule has 3 rings (SSSR count). The first-order valence-corrected chi connectivity index (χ1v) is 11.9. The maximum atomic E-state index is 12.4. The summed E-state index contributed by atoms with van der Waals surface area (Å²) in [6.07, 6.45) is 3.63. The molecule has 0 N–H and O–H groups in total. The van der Waals surface area contributed by atoms with Gasteiger partial charge in [-0.1, -0.05) is 62.1 Å². The first-order chi connectivity index (χ1) is 15.4. The SMILES string of the molecule is CC[C@@H](C)c1ccc(OCCCOc2c(/C=C3\SC(=S)N(C)C3=O)cccc2OC)cc1.